The summed E-state index contributed by atoms with van der Waals surface area (Å²) in [7, 11) is 0. The molecule has 1 fully saturated rings. The van der Waals surface area contributed by atoms with Crippen LogP contribution in [-0.4, -0.2) is 39.3 Å². The normalized spacial score (nSPS) is 23.0. The van der Waals surface area contributed by atoms with Gasteiger partial charge in [-0.1, -0.05) is 27.2 Å². The maximum Gasteiger partial charge on any atom is 0.290 e. The van der Waals surface area contributed by atoms with Gasteiger partial charge in [0.05, 0.1) is 0 Å². The molecule has 112 valence electrons. The lowest BCUT2D eigenvalue weighted by molar-refractivity contribution is 0.0927. The van der Waals surface area contributed by atoms with Crippen LogP contribution in [-0.2, 0) is 5.41 Å². The van der Waals surface area contributed by atoms with E-state index in [1.165, 1.54) is 0 Å². The first-order valence-corrected chi connectivity index (χ1v) is 7.23. The minimum absolute atomic E-state index is 0.154. The Morgan fingerprint density at radius 1 is 1.40 bits per heavy atom. The van der Waals surface area contributed by atoms with Crippen LogP contribution in [0.1, 0.15) is 56.5 Å². The maximum absolute atomic E-state index is 12.0. The summed E-state index contributed by atoms with van der Waals surface area (Å²) in [6, 6.07) is 0. The third-order valence-electron chi connectivity index (χ3n) is 3.97. The quantitative estimate of drug-likeness (QED) is 0.774. The summed E-state index contributed by atoms with van der Waals surface area (Å²) in [5, 5.41) is 18.9. The van der Waals surface area contributed by atoms with Crippen LogP contribution in [0.15, 0.2) is 0 Å². The molecule has 0 bridgehead atoms. The topological polar surface area (TPSA) is 90.9 Å². The standard InChI is InChI=1S/C14H24N4O2/c1-14(2,3)13-16-11(17-18-13)12(20)15-7-9-5-4-6-10(9)8-19/h9-10,19H,4-8H2,1-3H3,(H,15,20)(H,16,17,18). The number of aromatic nitrogens is 3. The number of hydrogen-bond donors (Lipinski definition) is 3. The van der Waals surface area contributed by atoms with Gasteiger partial charge in [0.1, 0.15) is 5.82 Å². The number of nitrogens with zero attached hydrogens (tertiary/aromatic N) is 2. The molecule has 0 aromatic carbocycles. The highest BCUT2D eigenvalue weighted by Gasteiger charge is 2.27. The Balaban J connectivity index is 1.90. The Kier molecular flexibility index (Phi) is 4.42. The van der Waals surface area contributed by atoms with Crippen molar-refractivity contribution in [2.45, 2.75) is 45.4 Å². The van der Waals surface area contributed by atoms with E-state index in [0.29, 0.717) is 24.2 Å². The third-order valence-corrected chi connectivity index (χ3v) is 3.97. The van der Waals surface area contributed by atoms with E-state index < -0.39 is 0 Å². The highest BCUT2D eigenvalue weighted by Crippen LogP contribution is 2.30. The van der Waals surface area contributed by atoms with Crippen molar-refractivity contribution >= 4 is 5.91 Å². The van der Waals surface area contributed by atoms with Crippen LogP contribution in [0.25, 0.3) is 0 Å². The predicted molar refractivity (Wildman–Crippen MR) is 75.3 cm³/mol. The Morgan fingerprint density at radius 3 is 2.70 bits per heavy atom. The molecule has 1 aliphatic carbocycles. The summed E-state index contributed by atoms with van der Waals surface area (Å²) < 4.78 is 0. The first-order valence-electron chi connectivity index (χ1n) is 7.23. The molecule has 20 heavy (non-hydrogen) atoms. The van der Waals surface area contributed by atoms with E-state index in [9.17, 15) is 9.90 Å². The number of carbonyl (C=O) groups excluding carboxylic acids is 1. The molecule has 1 saturated carbocycles. The van der Waals surface area contributed by atoms with Crippen molar-refractivity contribution in [3.63, 3.8) is 0 Å². The van der Waals surface area contributed by atoms with Crippen LogP contribution in [0.2, 0.25) is 0 Å². The number of nitrogens with one attached hydrogen (secondary N) is 2. The molecule has 3 N–H and O–H groups in total. The smallest absolute Gasteiger partial charge is 0.290 e. The van der Waals surface area contributed by atoms with E-state index in [2.05, 4.69) is 20.5 Å². The average Bonchev–Trinajstić information content (AvgIpc) is 3.03. The summed E-state index contributed by atoms with van der Waals surface area (Å²) in [6.45, 7) is 6.83. The minimum atomic E-state index is -0.250. The van der Waals surface area contributed by atoms with Gasteiger partial charge >= 0.3 is 0 Å². The summed E-state index contributed by atoms with van der Waals surface area (Å²) in [4.78, 5) is 16.3. The molecule has 1 aliphatic rings. The summed E-state index contributed by atoms with van der Waals surface area (Å²) in [5.74, 6) is 1.32. The van der Waals surface area contributed by atoms with E-state index >= 15 is 0 Å². The molecule has 1 aromatic heterocycles. The molecule has 6 heteroatoms. The number of aromatic amines is 1. The molecule has 1 amide bonds. The molecule has 1 aromatic rings. The zero-order valence-corrected chi connectivity index (χ0v) is 12.4. The molecular weight excluding hydrogens is 256 g/mol. The van der Waals surface area contributed by atoms with E-state index in [1.54, 1.807) is 0 Å². The van der Waals surface area contributed by atoms with Crippen molar-refractivity contribution in [1.82, 2.24) is 20.5 Å². The largest absolute Gasteiger partial charge is 0.396 e. The Labute approximate surface area is 119 Å². The van der Waals surface area contributed by atoms with Crippen LogP contribution < -0.4 is 5.32 Å². The third kappa shape index (κ3) is 3.36. The second kappa shape index (κ2) is 5.91. The van der Waals surface area contributed by atoms with Crippen molar-refractivity contribution in [3.8, 4) is 0 Å². The Morgan fingerprint density at radius 2 is 2.10 bits per heavy atom. The monoisotopic (exact) mass is 280 g/mol. The second-order valence-corrected chi connectivity index (χ2v) is 6.60. The van der Waals surface area contributed by atoms with Gasteiger partial charge in [-0.15, -0.1) is 5.10 Å². The predicted octanol–water partition coefficient (Wildman–Crippen LogP) is 1.24. The van der Waals surface area contributed by atoms with Gasteiger partial charge in [0, 0.05) is 18.6 Å². The average molecular weight is 280 g/mol. The minimum Gasteiger partial charge on any atom is -0.396 e. The number of H-pyrrole nitrogens is 1. The van der Waals surface area contributed by atoms with E-state index in [1.807, 2.05) is 20.8 Å². The first-order chi connectivity index (χ1) is 9.41. The fourth-order valence-corrected chi connectivity index (χ4v) is 2.62. The van der Waals surface area contributed by atoms with E-state index in [-0.39, 0.29) is 23.8 Å². The highest BCUT2D eigenvalue weighted by atomic mass is 16.3. The molecule has 2 unspecified atom stereocenters. The van der Waals surface area contributed by atoms with Crippen LogP contribution in [0.5, 0.6) is 0 Å². The molecule has 0 saturated heterocycles. The van der Waals surface area contributed by atoms with Gasteiger partial charge in [-0.2, -0.15) is 0 Å². The molecule has 6 nitrogen and oxygen atoms in total. The fourth-order valence-electron chi connectivity index (χ4n) is 2.62. The summed E-state index contributed by atoms with van der Waals surface area (Å²) in [5.41, 5.74) is -0.154. The lowest BCUT2D eigenvalue weighted by atomic mass is 9.96. The SMILES string of the molecule is CC(C)(C)c1nc(C(=O)NCC2CCCC2CO)n[nH]1. The lowest BCUT2D eigenvalue weighted by Gasteiger charge is -2.17. The molecule has 0 radical (unpaired) electrons. The zero-order valence-electron chi connectivity index (χ0n) is 12.4. The molecule has 0 spiro atoms. The Hall–Kier alpha value is -1.43. The molecule has 0 aliphatic heterocycles. The van der Waals surface area contributed by atoms with Crippen LogP contribution in [0.3, 0.4) is 0 Å². The number of aliphatic hydroxyl groups is 1. The van der Waals surface area contributed by atoms with Crippen molar-refractivity contribution in [2.75, 3.05) is 13.2 Å². The summed E-state index contributed by atoms with van der Waals surface area (Å²) >= 11 is 0. The number of rotatable bonds is 4. The van der Waals surface area contributed by atoms with E-state index in [0.717, 1.165) is 19.3 Å². The van der Waals surface area contributed by atoms with Gasteiger partial charge in [-0.3, -0.25) is 9.89 Å². The highest BCUT2D eigenvalue weighted by molar-refractivity contribution is 5.90. The molecule has 2 rings (SSSR count). The molecule has 1 heterocycles. The molecular formula is C14H24N4O2. The van der Waals surface area contributed by atoms with Gasteiger partial charge in [0.15, 0.2) is 0 Å². The molecule has 2 atom stereocenters. The number of carbonyl (C=O) groups is 1. The van der Waals surface area contributed by atoms with Gasteiger partial charge in [-0.25, -0.2) is 4.98 Å². The van der Waals surface area contributed by atoms with Crippen molar-refractivity contribution < 1.29 is 9.90 Å². The fraction of sp³-hybridized carbons (Fsp3) is 0.786. The van der Waals surface area contributed by atoms with Gasteiger partial charge in [0.2, 0.25) is 5.82 Å². The summed E-state index contributed by atoms with van der Waals surface area (Å²) in [6.07, 6.45) is 3.24. The maximum atomic E-state index is 12.0. The number of hydrogen-bond acceptors (Lipinski definition) is 4. The second-order valence-electron chi connectivity index (χ2n) is 6.60. The van der Waals surface area contributed by atoms with Crippen LogP contribution >= 0.6 is 0 Å². The Bertz CT molecular complexity index is 464. The number of amides is 1. The van der Waals surface area contributed by atoms with Crippen molar-refractivity contribution in [2.24, 2.45) is 11.8 Å². The van der Waals surface area contributed by atoms with E-state index in [4.69, 9.17) is 0 Å². The zero-order chi connectivity index (χ0) is 14.8. The number of aliphatic hydroxyl groups excluding tert-OH is 1. The van der Waals surface area contributed by atoms with Crippen molar-refractivity contribution in [3.05, 3.63) is 11.6 Å². The van der Waals surface area contributed by atoms with Crippen molar-refractivity contribution in [1.29, 1.82) is 0 Å². The van der Waals surface area contributed by atoms with Gasteiger partial charge < -0.3 is 10.4 Å². The first kappa shape index (κ1) is 15.0. The lowest BCUT2D eigenvalue weighted by Crippen LogP contribution is -2.32. The van der Waals surface area contributed by atoms with Gasteiger partial charge in [-0.05, 0) is 24.7 Å². The van der Waals surface area contributed by atoms with Crippen LogP contribution in [0, 0.1) is 11.8 Å². The van der Waals surface area contributed by atoms with Crippen LogP contribution in [0.4, 0.5) is 0 Å². The van der Waals surface area contributed by atoms with Gasteiger partial charge in [0.25, 0.3) is 5.91 Å².